The predicted octanol–water partition coefficient (Wildman–Crippen LogP) is 2.68. The Morgan fingerprint density at radius 1 is 1.42 bits per heavy atom. The second-order valence-corrected chi connectivity index (χ2v) is 4.85. The van der Waals surface area contributed by atoms with Gasteiger partial charge < -0.3 is 11.1 Å². The highest BCUT2D eigenvalue weighted by molar-refractivity contribution is 7.80. The third-order valence-corrected chi connectivity index (χ3v) is 3.10. The van der Waals surface area contributed by atoms with E-state index in [1.807, 2.05) is 25.1 Å². The maximum Gasteiger partial charge on any atom is 0.125 e. The highest BCUT2D eigenvalue weighted by atomic mass is 35.5. The van der Waals surface area contributed by atoms with Gasteiger partial charge in [-0.25, -0.2) is 9.97 Å². The van der Waals surface area contributed by atoms with E-state index in [4.69, 9.17) is 29.6 Å². The fraction of sp³-hybridized carbons (Fsp3) is 0.154. The molecule has 2 rings (SSSR count). The molecule has 0 radical (unpaired) electrons. The predicted molar refractivity (Wildman–Crippen MR) is 81.4 cm³/mol. The normalized spacial score (nSPS) is 10.2. The van der Waals surface area contributed by atoms with Crippen LogP contribution in [0.5, 0.6) is 0 Å². The van der Waals surface area contributed by atoms with Gasteiger partial charge >= 0.3 is 0 Å². The molecule has 0 aliphatic carbocycles. The molecule has 1 aromatic carbocycles. The van der Waals surface area contributed by atoms with Crippen LogP contribution in [0, 0.1) is 6.92 Å². The van der Waals surface area contributed by atoms with E-state index in [2.05, 4.69) is 15.3 Å². The average molecular weight is 293 g/mol. The number of hydrogen-bond acceptors (Lipinski definition) is 4. The van der Waals surface area contributed by atoms with Crippen LogP contribution in [-0.2, 0) is 6.54 Å². The van der Waals surface area contributed by atoms with Gasteiger partial charge in [-0.2, -0.15) is 0 Å². The van der Waals surface area contributed by atoms with Crippen molar-refractivity contribution in [2.45, 2.75) is 13.5 Å². The zero-order valence-corrected chi connectivity index (χ0v) is 11.9. The van der Waals surface area contributed by atoms with Crippen molar-refractivity contribution >= 4 is 34.5 Å². The minimum atomic E-state index is 0.333. The van der Waals surface area contributed by atoms with Gasteiger partial charge in [0.05, 0.1) is 22.9 Å². The van der Waals surface area contributed by atoms with Crippen LogP contribution < -0.4 is 11.1 Å². The van der Waals surface area contributed by atoms with E-state index in [1.165, 1.54) is 0 Å². The van der Waals surface area contributed by atoms with Crippen LogP contribution in [-0.4, -0.2) is 15.0 Å². The summed E-state index contributed by atoms with van der Waals surface area (Å²) in [6, 6.07) is 7.29. The van der Waals surface area contributed by atoms with E-state index in [9.17, 15) is 0 Å². The van der Waals surface area contributed by atoms with Gasteiger partial charge in [0.1, 0.15) is 10.8 Å². The van der Waals surface area contributed by atoms with Gasteiger partial charge in [-0.05, 0) is 31.2 Å². The first-order valence-electron chi connectivity index (χ1n) is 5.68. The largest absolute Gasteiger partial charge is 0.389 e. The average Bonchev–Trinajstić information content (AvgIpc) is 2.37. The smallest absolute Gasteiger partial charge is 0.125 e. The summed E-state index contributed by atoms with van der Waals surface area (Å²) < 4.78 is 0. The fourth-order valence-electron chi connectivity index (χ4n) is 1.60. The van der Waals surface area contributed by atoms with Crippen LogP contribution in [0.1, 0.15) is 17.1 Å². The Morgan fingerprint density at radius 3 is 2.84 bits per heavy atom. The minimum Gasteiger partial charge on any atom is -0.389 e. The number of benzene rings is 1. The lowest BCUT2D eigenvalue weighted by Gasteiger charge is -2.09. The lowest BCUT2D eigenvalue weighted by molar-refractivity contribution is 0.955. The monoisotopic (exact) mass is 292 g/mol. The van der Waals surface area contributed by atoms with Crippen molar-refractivity contribution in [3.05, 3.63) is 52.6 Å². The van der Waals surface area contributed by atoms with Gasteiger partial charge in [-0.1, -0.05) is 23.8 Å². The van der Waals surface area contributed by atoms with Crippen molar-refractivity contribution in [2.24, 2.45) is 5.73 Å². The molecule has 2 aromatic rings. The molecule has 0 saturated carbocycles. The standard InChI is InChI=1S/C13H13ClN4S/c1-8-16-5-4-10(18-8)7-17-12-3-2-9(13(15)19)6-11(12)14/h2-6,17H,7H2,1H3,(H2,15,19). The number of nitrogens with zero attached hydrogens (tertiary/aromatic N) is 2. The SMILES string of the molecule is Cc1nccc(CNc2ccc(C(N)=S)cc2Cl)n1. The van der Waals surface area contributed by atoms with Crippen LogP contribution >= 0.6 is 23.8 Å². The summed E-state index contributed by atoms with van der Waals surface area (Å²) in [6.45, 7) is 2.43. The number of aromatic nitrogens is 2. The molecule has 0 atom stereocenters. The van der Waals surface area contributed by atoms with E-state index in [0.29, 0.717) is 16.6 Å². The van der Waals surface area contributed by atoms with E-state index >= 15 is 0 Å². The van der Waals surface area contributed by atoms with Crippen molar-refractivity contribution in [1.29, 1.82) is 0 Å². The molecule has 19 heavy (non-hydrogen) atoms. The number of nitrogens with two attached hydrogens (primary N) is 1. The van der Waals surface area contributed by atoms with Crippen LogP contribution in [0.15, 0.2) is 30.5 Å². The highest BCUT2D eigenvalue weighted by Crippen LogP contribution is 2.23. The molecule has 0 bridgehead atoms. The van der Waals surface area contributed by atoms with Gasteiger partial charge in [0.15, 0.2) is 0 Å². The second kappa shape index (κ2) is 5.95. The van der Waals surface area contributed by atoms with Crippen LogP contribution in [0.2, 0.25) is 5.02 Å². The number of hydrogen-bond donors (Lipinski definition) is 2. The second-order valence-electron chi connectivity index (χ2n) is 4.01. The first kappa shape index (κ1) is 13.7. The summed E-state index contributed by atoms with van der Waals surface area (Å²) in [5, 5.41) is 3.80. The molecule has 0 aliphatic heterocycles. The van der Waals surface area contributed by atoms with E-state index < -0.39 is 0 Å². The molecule has 4 nitrogen and oxygen atoms in total. The number of nitrogens with one attached hydrogen (secondary N) is 1. The minimum absolute atomic E-state index is 0.333. The summed E-state index contributed by atoms with van der Waals surface area (Å²) in [6.07, 6.45) is 1.73. The summed E-state index contributed by atoms with van der Waals surface area (Å²) in [7, 11) is 0. The Bertz CT molecular complexity index is 615. The number of rotatable bonds is 4. The molecular weight excluding hydrogens is 280 g/mol. The maximum atomic E-state index is 6.16. The molecule has 0 fully saturated rings. The van der Waals surface area contributed by atoms with Gasteiger partial charge in [0.25, 0.3) is 0 Å². The van der Waals surface area contributed by atoms with Crippen molar-refractivity contribution in [3.8, 4) is 0 Å². The summed E-state index contributed by atoms with van der Waals surface area (Å²) in [4.78, 5) is 8.69. The molecule has 0 unspecified atom stereocenters. The van der Waals surface area contributed by atoms with Crippen LogP contribution in [0.3, 0.4) is 0 Å². The summed E-state index contributed by atoms with van der Waals surface area (Å²) in [5.41, 5.74) is 8.03. The number of aryl methyl sites for hydroxylation is 1. The van der Waals surface area contributed by atoms with Gasteiger partial charge in [-0.3, -0.25) is 0 Å². The Hall–Kier alpha value is -1.72. The number of anilines is 1. The Kier molecular flexibility index (Phi) is 4.29. The molecule has 0 saturated heterocycles. The summed E-state index contributed by atoms with van der Waals surface area (Å²) in [5.74, 6) is 0.745. The molecule has 0 spiro atoms. The lowest BCUT2D eigenvalue weighted by atomic mass is 10.2. The summed E-state index contributed by atoms with van der Waals surface area (Å²) >= 11 is 11.1. The van der Waals surface area contributed by atoms with Gasteiger partial charge in [-0.15, -0.1) is 0 Å². The third-order valence-electron chi connectivity index (χ3n) is 2.55. The third kappa shape index (κ3) is 3.62. The molecule has 98 valence electrons. The van der Waals surface area contributed by atoms with Gasteiger partial charge in [0, 0.05) is 11.8 Å². The molecule has 0 aliphatic rings. The molecule has 1 aromatic heterocycles. The van der Waals surface area contributed by atoms with Crippen LogP contribution in [0.4, 0.5) is 5.69 Å². The zero-order valence-electron chi connectivity index (χ0n) is 10.4. The number of halogens is 1. The fourth-order valence-corrected chi connectivity index (χ4v) is 1.98. The lowest BCUT2D eigenvalue weighted by Crippen LogP contribution is -2.09. The zero-order chi connectivity index (χ0) is 13.8. The molecular formula is C13H13ClN4S. The van der Waals surface area contributed by atoms with Crippen molar-refractivity contribution in [3.63, 3.8) is 0 Å². The molecule has 0 amide bonds. The molecule has 1 heterocycles. The van der Waals surface area contributed by atoms with E-state index in [0.717, 1.165) is 22.8 Å². The van der Waals surface area contributed by atoms with Crippen LogP contribution in [0.25, 0.3) is 0 Å². The topological polar surface area (TPSA) is 63.8 Å². The number of thiocarbonyl (C=S) groups is 1. The highest BCUT2D eigenvalue weighted by Gasteiger charge is 2.04. The Labute approximate surface area is 122 Å². The Morgan fingerprint density at radius 2 is 2.21 bits per heavy atom. The first-order chi connectivity index (χ1) is 9.06. The molecule has 3 N–H and O–H groups in total. The maximum absolute atomic E-state index is 6.16. The Balaban J connectivity index is 2.10. The van der Waals surface area contributed by atoms with E-state index in [1.54, 1.807) is 12.3 Å². The molecule has 6 heteroatoms. The quantitative estimate of drug-likeness (QED) is 0.848. The van der Waals surface area contributed by atoms with Crippen molar-refractivity contribution in [2.75, 3.05) is 5.32 Å². The first-order valence-corrected chi connectivity index (χ1v) is 6.46. The van der Waals surface area contributed by atoms with Crippen molar-refractivity contribution in [1.82, 2.24) is 9.97 Å². The van der Waals surface area contributed by atoms with Crippen molar-refractivity contribution < 1.29 is 0 Å². The van der Waals surface area contributed by atoms with E-state index in [-0.39, 0.29) is 0 Å². The van der Waals surface area contributed by atoms with Gasteiger partial charge in [0.2, 0.25) is 0 Å².